The van der Waals surface area contributed by atoms with E-state index in [-0.39, 0.29) is 17.7 Å². The topological polar surface area (TPSA) is 75.4 Å². The highest BCUT2D eigenvalue weighted by atomic mass is 35.5. The summed E-state index contributed by atoms with van der Waals surface area (Å²) in [6.07, 6.45) is 1.57. The van der Waals surface area contributed by atoms with Crippen molar-refractivity contribution in [2.45, 2.75) is 12.8 Å². The number of fused-ring (bicyclic) bond motifs is 1. The molecule has 0 saturated carbocycles. The number of halogens is 1. The number of nitrogens with one attached hydrogen (secondary N) is 1. The Morgan fingerprint density at radius 1 is 1.38 bits per heavy atom. The Balaban J connectivity index is 1.72. The fourth-order valence-corrected chi connectivity index (χ4v) is 4.46. The van der Waals surface area contributed by atoms with Gasteiger partial charge < -0.3 is 10.6 Å². The monoisotopic (exact) mass is 381 g/mol. The van der Waals surface area contributed by atoms with Gasteiger partial charge in [-0.3, -0.25) is 14.9 Å². The summed E-state index contributed by atoms with van der Waals surface area (Å²) >= 11 is 13.0. The molecule has 0 radical (unpaired) electrons. The van der Waals surface area contributed by atoms with E-state index in [2.05, 4.69) is 5.32 Å². The van der Waals surface area contributed by atoms with Crippen molar-refractivity contribution in [1.29, 1.82) is 0 Å². The molecule has 2 amide bonds. The first-order chi connectivity index (χ1) is 11.5. The largest absolute Gasteiger partial charge is 0.369 e. The van der Waals surface area contributed by atoms with Crippen LogP contribution in [0.4, 0.5) is 0 Å². The van der Waals surface area contributed by atoms with E-state index >= 15 is 0 Å². The van der Waals surface area contributed by atoms with Crippen molar-refractivity contribution in [2.75, 3.05) is 13.1 Å². The number of amides is 2. The molecule has 0 spiro atoms. The van der Waals surface area contributed by atoms with Crippen molar-refractivity contribution in [3.05, 3.63) is 34.2 Å². The van der Waals surface area contributed by atoms with Gasteiger partial charge >= 0.3 is 0 Å². The number of carbonyl (C=O) groups excluding carboxylic acids is 2. The van der Waals surface area contributed by atoms with E-state index in [0.717, 1.165) is 22.9 Å². The number of nitrogens with zero attached hydrogens (tertiary/aromatic N) is 1. The van der Waals surface area contributed by atoms with Crippen LogP contribution in [0.15, 0.2) is 24.3 Å². The van der Waals surface area contributed by atoms with Crippen LogP contribution < -0.4 is 11.1 Å². The molecule has 24 heavy (non-hydrogen) atoms. The molecule has 3 N–H and O–H groups in total. The molecule has 5 nitrogen and oxygen atoms in total. The van der Waals surface area contributed by atoms with Crippen LogP contribution in [-0.4, -0.2) is 34.9 Å². The Morgan fingerprint density at radius 2 is 2.12 bits per heavy atom. The number of likely N-dealkylation sites (tertiary alicyclic amines) is 1. The standard InChI is InChI=1S/C16H16ClN3O2S2/c17-12-10-5-1-2-6-11(10)24-13(12)15(22)19-16(23)20-7-3-4-9(8-20)14(18)21/h1-2,5-6,9H,3-4,7-8H2,(H2,18,21)(H,19,22,23). The van der Waals surface area contributed by atoms with Crippen molar-refractivity contribution >= 4 is 62.2 Å². The lowest BCUT2D eigenvalue weighted by atomic mass is 9.98. The average molecular weight is 382 g/mol. The number of benzene rings is 1. The minimum absolute atomic E-state index is 0.235. The zero-order valence-corrected chi connectivity index (χ0v) is 15.1. The summed E-state index contributed by atoms with van der Waals surface area (Å²) in [5.74, 6) is -0.893. The number of hydrogen-bond donors (Lipinski definition) is 2. The Labute approximate surface area is 153 Å². The van der Waals surface area contributed by atoms with Crippen molar-refractivity contribution in [3.63, 3.8) is 0 Å². The highest BCUT2D eigenvalue weighted by Gasteiger charge is 2.27. The van der Waals surface area contributed by atoms with Gasteiger partial charge in [-0.15, -0.1) is 11.3 Å². The molecule has 1 aromatic carbocycles. The van der Waals surface area contributed by atoms with Crippen molar-refractivity contribution in [3.8, 4) is 0 Å². The summed E-state index contributed by atoms with van der Waals surface area (Å²) in [6, 6.07) is 7.58. The van der Waals surface area contributed by atoms with Gasteiger partial charge in [-0.2, -0.15) is 0 Å². The van der Waals surface area contributed by atoms with Gasteiger partial charge in [0.1, 0.15) is 4.88 Å². The molecule has 8 heteroatoms. The number of rotatable bonds is 2. The molecule has 1 unspecified atom stereocenters. The van der Waals surface area contributed by atoms with Gasteiger partial charge in [0.05, 0.1) is 10.9 Å². The molecule has 1 atom stereocenters. The molecule has 1 aliphatic heterocycles. The number of thiophene rings is 1. The zero-order chi connectivity index (χ0) is 17.3. The lowest BCUT2D eigenvalue weighted by Crippen LogP contribution is -2.49. The second kappa shape index (κ2) is 7.04. The van der Waals surface area contributed by atoms with E-state index in [4.69, 9.17) is 29.6 Å². The lowest BCUT2D eigenvalue weighted by Gasteiger charge is -2.32. The first-order valence-corrected chi connectivity index (χ1v) is 9.14. The van der Waals surface area contributed by atoms with Crippen LogP contribution in [0.25, 0.3) is 10.1 Å². The molecule has 1 saturated heterocycles. The quantitative estimate of drug-likeness (QED) is 0.784. The number of thiocarbonyl (C=S) groups is 1. The van der Waals surface area contributed by atoms with Gasteiger partial charge in [-0.1, -0.05) is 29.8 Å². The third-order valence-electron chi connectivity index (χ3n) is 4.07. The molecule has 1 fully saturated rings. The highest BCUT2D eigenvalue weighted by molar-refractivity contribution is 7.80. The second-order valence-electron chi connectivity index (χ2n) is 5.69. The van der Waals surface area contributed by atoms with Gasteiger partial charge in [0.2, 0.25) is 5.91 Å². The smallest absolute Gasteiger partial charge is 0.269 e. The van der Waals surface area contributed by atoms with E-state index in [1.807, 2.05) is 29.2 Å². The van der Waals surface area contributed by atoms with Crippen LogP contribution >= 0.6 is 35.2 Å². The molecule has 3 rings (SSSR count). The third kappa shape index (κ3) is 3.38. The van der Waals surface area contributed by atoms with Gasteiger partial charge in [-0.25, -0.2) is 0 Å². The van der Waals surface area contributed by atoms with Gasteiger partial charge in [0.15, 0.2) is 5.11 Å². The van der Waals surface area contributed by atoms with E-state index in [1.54, 1.807) is 0 Å². The summed E-state index contributed by atoms with van der Waals surface area (Å²) in [5.41, 5.74) is 5.37. The maximum atomic E-state index is 12.5. The predicted octanol–water partition coefficient (Wildman–Crippen LogP) is 2.77. The maximum Gasteiger partial charge on any atom is 0.269 e. The minimum atomic E-state index is -0.332. The molecule has 126 valence electrons. The number of nitrogens with two attached hydrogens (primary N) is 1. The summed E-state index contributed by atoms with van der Waals surface area (Å²) < 4.78 is 0.949. The SMILES string of the molecule is NC(=O)C1CCCN(C(=S)NC(=O)c2sc3ccccc3c2Cl)C1. The van der Waals surface area contributed by atoms with Crippen LogP contribution in [0.3, 0.4) is 0 Å². The first-order valence-electron chi connectivity index (χ1n) is 7.54. The first kappa shape index (κ1) is 17.1. The number of piperidine rings is 1. The fourth-order valence-electron chi connectivity index (χ4n) is 2.79. The van der Waals surface area contributed by atoms with Gasteiger partial charge in [0.25, 0.3) is 5.91 Å². The minimum Gasteiger partial charge on any atom is -0.369 e. The van der Waals surface area contributed by atoms with Crippen LogP contribution in [-0.2, 0) is 4.79 Å². The lowest BCUT2D eigenvalue weighted by molar-refractivity contribution is -0.122. The van der Waals surface area contributed by atoms with Crippen LogP contribution in [0, 0.1) is 5.92 Å². The average Bonchev–Trinajstić information content (AvgIpc) is 2.92. The molecule has 2 aromatic rings. The number of primary amides is 1. The summed E-state index contributed by atoms with van der Waals surface area (Å²) in [6.45, 7) is 1.14. The van der Waals surface area contributed by atoms with Gasteiger partial charge in [0, 0.05) is 23.2 Å². The molecular formula is C16H16ClN3O2S2. The molecule has 0 bridgehead atoms. The number of hydrogen-bond acceptors (Lipinski definition) is 4. The van der Waals surface area contributed by atoms with Crippen LogP contribution in [0.5, 0.6) is 0 Å². The summed E-state index contributed by atoms with van der Waals surface area (Å²) in [5, 5.41) is 4.31. The van der Waals surface area contributed by atoms with Crippen LogP contribution in [0.1, 0.15) is 22.5 Å². The molecule has 1 aromatic heterocycles. The fraction of sp³-hybridized carbons (Fsp3) is 0.312. The molecule has 2 heterocycles. The third-order valence-corrected chi connectivity index (χ3v) is 6.11. The van der Waals surface area contributed by atoms with Crippen molar-refractivity contribution in [2.24, 2.45) is 11.7 Å². The summed E-state index contributed by atoms with van der Waals surface area (Å²) in [7, 11) is 0. The Hall–Kier alpha value is -1.70. The summed E-state index contributed by atoms with van der Waals surface area (Å²) in [4.78, 5) is 26.1. The number of carbonyl (C=O) groups is 2. The van der Waals surface area contributed by atoms with Crippen molar-refractivity contribution in [1.82, 2.24) is 10.2 Å². The Kier molecular flexibility index (Phi) is 5.03. The van der Waals surface area contributed by atoms with Crippen molar-refractivity contribution < 1.29 is 9.59 Å². The van der Waals surface area contributed by atoms with Crippen LogP contribution in [0.2, 0.25) is 5.02 Å². The van der Waals surface area contributed by atoms with E-state index in [1.165, 1.54) is 11.3 Å². The molecule has 0 aliphatic carbocycles. The van der Waals surface area contributed by atoms with E-state index < -0.39 is 0 Å². The molecule has 1 aliphatic rings. The van der Waals surface area contributed by atoms with E-state index in [9.17, 15) is 9.59 Å². The normalized spacial score (nSPS) is 17.7. The molecular weight excluding hydrogens is 366 g/mol. The van der Waals surface area contributed by atoms with E-state index in [0.29, 0.717) is 28.1 Å². The highest BCUT2D eigenvalue weighted by Crippen LogP contribution is 2.35. The zero-order valence-electron chi connectivity index (χ0n) is 12.8. The second-order valence-corrected chi connectivity index (χ2v) is 7.51. The van der Waals surface area contributed by atoms with Gasteiger partial charge in [-0.05, 0) is 31.1 Å². The Bertz CT molecular complexity index is 821. The maximum absolute atomic E-state index is 12.5. The Morgan fingerprint density at radius 3 is 2.83 bits per heavy atom. The predicted molar refractivity (Wildman–Crippen MR) is 100 cm³/mol.